The van der Waals surface area contributed by atoms with Crippen LogP contribution in [0.25, 0.3) is 11.1 Å². The lowest BCUT2D eigenvalue weighted by Crippen LogP contribution is -2.00. The summed E-state index contributed by atoms with van der Waals surface area (Å²) in [6.07, 6.45) is 6.82. The van der Waals surface area contributed by atoms with Gasteiger partial charge >= 0.3 is 0 Å². The van der Waals surface area contributed by atoms with E-state index in [4.69, 9.17) is 0 Å². The molecule has 0 saturated heterocycles. The Morgan fingerprint density at radius 2 is 1.55 bits per heavy atom. The average molecular weight is 291 g/mol. The Labute approximate surface area is 134 Å². The molecule has 1 heteroatoms. The van der Waals surface area contributed by atoms with Crippen LogP contribution in [0.3, 0.4) is 0 Å². The van der Waals surface area contributed by atoms with E-state index in [-0.39, 0.29) is 5.41 Å². The smallest absolute Gasteiger partial charge is 0.0270 e. The minimum atomic E-state index is 0.202. The lowest BCUT2D eigenvalue weighted by atomic mass is 9.91. The lowest BCUT2D eigenvalue weighted by molar-refractivity contribution is 0.545. The molecule has 0 N–H and O–H groups in total. The Morgan fingerprint density at radius 1 is 1.00 bits per heavy atom. The zero-order valence-corrected chi connectivity index (χ0v) is 14.1. The second-order valence-electron chi connectivity index (χ2n) is 6.91. The minimum Gasteiger partial charge on any atom is -0.265 e. The number of nitrogens with zero attached hydrogens (tertiary/aromatic N) is 1. The quantitative estimate of drug-likeness (QED) is 0.695. The van der Waals surface area contributed by atoms with Gasteiger partial charge in [-0.3, -0.25) is 4.98 Å². The van der Waals surface area contributed by atoms with Crippen LogP contribution in [0, 0.1) is 5.41 Å². The summed E-state index contributed by atoms with van der Waals surface area (Å²) >= 11 is 0. The maximum Gasteiger partial charge on any atom is 0.0270 e. The van der Waals surface area contributed by atoms with Gasteiger partial charge in [0.15, 0.2) is 0 Å². The zero-order valence-electron chi connectivity index (χ0n) is 14.1. The molecule has 0 saturated carbocycles. The number of hydrogen-bond donors (Lipinski definition) is 0. The van der Waals surface area contributed by atoms with Crippen molar-refractivity contribution >= 4 is 11.1 Å². The molecule has 0 spiro atoms. The van der Waals surface area contributed by atoms with Crippen molar-refractivity contribution in [2.75, 3.05) is 0 Å². The topological polar surface area (TPSA) is 12.9 Å². The number of aromatic nitrogens is 1. The van der Waals surface area contributed by atoms with Crippen molar-refractivity contribution in [2.24, 2.45) is 5.41 Å². The molecule has 0 unspecified atom stereocenters. The first kappa shape index (κ1) is 16.2. The fourth-order valence-electron chi connectivity index (χ4n) is 2.55. The Morgan fingerprint density at radius 3 is 2.09 bits per heavy atom. The van der Waals surface area contributed by atoms with Gasteiger partial charge in [0.05, 0.1) is 0 Å². The third kappa shape index (κ3) is 4.70. The van der Waals surface area contributed by atoms with Gasteiger partial charge in [0.1, 0.15) is 0 Å². The maximum atomic E-state index is 4.22. The molecule has 0 radical (unpaired) electrons. The van der Waals surface area contributed by atoms with E-state index in [2.05, 4.69) is 69.6 Å². The summed E-state index contributed by atoms with van der Waals surface area (Å²) in [7, 11) is 0. The highest BCUT2D eigenvalue weighted by molar-refractivity contribution is 5.70. The molecular formula is C21H25N. The first-order valence-corrected chi connectivity index (χ1v) is 7.72. The highest BCUT2D eigenvalue weighted by Crippen LogP contribution is 2.25. The summed E-state index contributed by atoms with van der Waals surface area (Å²) < 4.78 is 0. The van der Waals surface area contributed by atoms with Crippen molar-refractivity contribution in [3.05, 3.63) is 78.1 Å². The summed E-state index contributed by atoms with van der Waals surface area (Å²) in [5, 5.41) is 0. The Balaban J connectivity index is 2.12. The van der Waals surface area contributed by atoms with E-state index in [9.17, 15) is 0 Å². The predicted molar refractivity (Wildman–Crippen MR) is 96.5 cm³/mol. The maximum absolute atomic E-state index is 4.22. The van der Waals surface area contributed by atoms with Gasteiger partial charge in [0, 0.05) is 12.4 Å². The van der Waals surface area contributed by atoms with Crippen molar-refractivity contribution in [1.29, 1.82) is 0 Å². The summed E-state index contributed by atoms with van der Waals surface area (Å²) in [6, 6.07) is 12.8. The van der Waals surface area contributed by atoms with Crippen LogP contribution in [-0.2, 0) is 6.42 Å². The molecular weight excluding hydrogens is 266 g/mol. The number of rotatable bonds is 4. The third-order valence-electron chi connectivity index (χ3n) is 3.56. The van der Waals surface area contributed by atoms with E-state index in [1.54, 1.807) is 0 Å². The van der Waals surface area contributed by atoms with E-state index in [0.717, 1.165) is 12.0 Å². The van der Waals surface area contributed by atoms with Crippen LogP contribution in [-0.4, -0.2) is 4.98 Å². The summed E-state index contributed by atoms with van der Waals surface area (Å²) in [6.45, 7) is 13.1. The fourth-order valence-corrected chi connectivity index (χ4v) is 2.55. The van der Waals surface area contributed by atoms with Crippen molar-refractivity contribution in [3.63, 3.8) is 0 Å². The van der Waals surface area contributed by atoms with Crippen LogP contribution >= 0.6 is 0 Å². The zero-order chi connectivity index (χ0) is 16.2. The highest BCUT2D eigenvalue weighted by Gasteiger charge is 2.08. The molecule has 0 aliphatic rings. The van der Waals surface area contributed by atoms with Crippen LogP contribution in [0.1, 0.15) is 44.4 Å². The van der Waals surface area contributed by atoms with Crippen LogP contribution in [0.5, 0.6) is 0 Å². The van der Waals surface area contributed by atoms with E-state index >= 15 is 0 Å². The molecule has 1 heterocycles. The molecule has 1 aromatic heterocycles. The second kappa shape index (κ2) is 6.74. The van der Waals surface area contributed by atoms with Crippen molar-refractivity contribution in [1.82, 2.24) is 4.98 Å². The van der Waals surface area contributed by atoms with Crippen LogP contribution in [0.2, 0.25) is 0 Å². The molecule has 0 amide bonds. The van der Waals surface area contributed by atoms with Crippen molar-refractivity contribution in [3.8, 4) is 0 Å². The Bertz CT molecular complexity index is 655. The lowest BCUT2D eigenvalue weighted by Gasteiger charge is -2.15. The van der Waals surface area contributed by atoms with Gasteiger partial charge in [-0.1, -0.05) is 57.7 Å². The van der Waals surface area contributed by atoms with Gasteiger partial charge in [-0.2, -0.15) is 0 Å². The monoisotopic (exact) mass is 291 g/mol. The minimum absolute atomic E-state index is 0.202. The van der Waals surface area contributed by atoms with E-state index < -0.39 is 0 Å². The number of benzene rings is 1. The molecule has 0 aliphatic heterocycles. The molecule has 22 heavy (non-hydrogen) atoms. The van der Waals surface area contributed by atoms with Gasteiger partial charge in [-0.25, -0.2) is 0 Å². The summed E-state index contributed by atoms with van der Waals surface area (Å²) in [5.41, 5.74) is 6.37. The normalized spacial score (nSPS) is 12.3. The third-order valence-corrected chi connectivity index (χ3v) is 3.56. The van der Waals surface area contributed by atoms with Gasteiger partial charge in [0.2, 0.25) is 0 Å². The van der Waals surface area contributed by atoms with Crippen LogP contribution in [0.4, 0.5) is 0 Å². The van der Waals surface area contributed by atoms with E-state index in [1.165, 1.54) is 22.3 Å². The first-order chi connectivity index (χ1) is 10.3. The molecule has 2 aromatic rings. The summed E-state index contributed by atoms with van der Waals surface area (Å²) in [5.74, 6) is 0. The number of pyridine rings is 1. The predicted octanol–water partition coefficient (Wildman–Crippen LogP) is 5.79. The molecule has 1 aromatic carbocycles. The van der Waals surface area contributed by atoms with Gasteiger partial charge in [-0.05, 0) is 58.7 Å². The van der Waals surface area contributed by atoms with Crippen molar-refractivity contribution in [2.45, 2.75) is 34.1 Å². The largest absolute Gasteiger partial charge is 0.265 e. The molecule has 114 valence electrons. The molecule has 1 nitrogen and oxygen atoms in total. The average Bonchev–Trinajstić information content (AvgIpc) is 2.46. The molecule has 0 aliphatic carbocycles. The van der Waals surface area contributed by atoms with Gasteiger partial charge in [-0.15, -0.1) is 0 Å². The number of hydrogen-bond acceptors (Lipinski definition) is 1. The van der Waals surface area contributed by atoms with Crippen LogP contribution < -0.4 is 0 Å². The summed E-state index contributed by atoms with van der Waals surface area (Å²) in [4.78, 5) is 4.05. The van der Waals surface area contributed by atoms with E-state index in [1.807, 2.05) is 24.5 Å². The SMILES string of the molecule is C=C(Cc1ccncc1)c1ccc(/C(C)=C/C(C)(C)C)cc1. The number of allylic oxidation sites excluding steroid dienone is 3. The van der Waals surface area contributed by atoms with Crippen LogP contribution in [0.15, 0.2) is 61.4 Å². The highest BCUT2D eigenvalue weighted by atomic mass is 14.6. The van der Waals surface area contributed by atoms with E-state index in [0.29, 0.717) is 0 Å². The molecule has 2 rings (SSSR count). The first-order valence-electron chi connectivity index (χ1n) is 7.72. The Kier molecular flexibility index (Phi) is 4.97. The standard InChI is InChI=1S/C21H25N/c1-16(14-18-10-12-22-13-11-18)19-6-8-20(9-7-19)17(2)15-21(3,4)5/h6-13,15H,1,14H2,2-5H3/b17-15+. The fraction of sp³-hybridized carbons (Fsp3) is 0.286. The Hall–Kier alpha value is -2.15. The molecule has 0 fully saturated rings. The second-order valence-corrected chi connectivity index (χ2v) is 6.91. The molecule has 0 atom stereocenters. The molecule has 0 bridgehead atoms. The van der Waals surface area contributed by atoms with Crippen molar-refractivity contribution < 1.29 is 0 Å². The van der Waals surface area contributed by atoms with Gasteiger partial charge in [0.25, 0.3) is 0 Å². The van der Waals surface area contributed by atoms with Gasteiger partial charge < -0.3 is 0 Å².